The summed E-state index contributed by atoms with van der Waals surface area (Å²) in [5.74, 6) is 1.98. The van der Waals surface area contributed by atoms with Crippen molar-refractivity contribution in [2.75, 3.05) is 0 Å². The van der Waals surface area contributed by atoms with Gasteiger partial charge in [0.15, 0.2) is 0 Å². The van der Waals surface area contributed by atoms with Crippen LogP contribution < -0.4 is 0 Å². The number of aliphatic hydroxyl groups is 1. The summed E-state index contributed by atoms with van der Waals surface area (Å²) in [7, 11) is 0. The molecule has 0 spiro atoms. The Balaban J connectivity index is 1.43. The van der Waals surface area contributed by atoms with Gasteiger partial charge >= 0.3 is 6.17 Å². The molecule has 1 heterocycles. The summed E-state index contributed by atoms with van der Waals surface area (Å²) in [4.78, 5) is 18.9. The minimum atomic E-state index is -0.509. The summed E-state index contributed by atoms with van der Waals surface area (Å²) in [6.45, 7) is 9.51. The summed E-state index contributed by atoms with van der Waals surface area (Å²) in [5.41, 5.74) is -0.513. The molecule has 6 aliphatic rings. The van der Waals surface area contributed by atoms with Gasteiger partial charge in [0.05, 0.1) is 5.60 Å². The fraction of sp³-hybridized carbons (Fsp3) is 0.895. The first-order chi connectivity index (χ1) is 10.9. The highest BCUT2D eigenvalue weighted by atomic mass is 16.3. The van der Waals surface area contributed by atoms with Gasteiger partial charge in [0.2, 0.25) is 5.91 Å². The van der Waals surface area contributed by atoms with E-state index < -0.39 is 5.60 Å². The van der Waals surface area contributed by atoms with Crippen LogP contribution in [0, 0.1) is 35.7 Å². The van der Waals surface area contributed by atoms with Crippen LogP contribution in [0.5, 0.6) is 0 Å². The third kappa shape index (κ3) is 1.89. The van der Waals surface area contributed by atoms with Crippen LogP contribution in [0.1, 0.15) is 58.3 Å². The number of nitrogens with zero attached hydrogens (tertiary/aromatic N) is 2. The SMILES string of the molecule is [C-]#[N+][C@@H]1C[C@@H]2C[C@@H]2N1C(=O)C(C)C12CC3CC(CC(O)(C3)C1)C2. The van der Waals surface area contributed by atoms with Gasteiger partial charge in [-0.05, 0) is 68.1 Å². The second kappa shape index (κ2) is 4.30. The van der Waals surface area contributed by atoms with E-state index in [1.807, 2.05) is 4.90 Å². The normalized spacial score (nSPS) is 53.8. The molecule has 5 aliphatic carbocycles. The summed E-state index contributed by atoms with van der Waals surface area (Å²) in [5, 5.41) is 10.9. The molecule has 1 amide bonds. The molecule has 6 rings (SSSR count). The topological polar surface area (TPSA) is 44.9 Å². The number of rotatable bonds is 2. The van der Waals surface area contributed by atoms with E-state index in [2.05, 4.69) is 11.8 Å². The molecule has 1 N–H and O–H groups in total. The summed E-state index contributed by atoms with van der Waals surface area (Å²) < 4.78 is 0. The molecule has 5 saturated carbocycles. The number of piperidine rings is 1. The molecule has 0 aromatic carbocycles. The first-order valence-electron chi connectivity index (χ1n) is 9.34. The fourth-order valence-electron chi connectivity index (χ4n) is 7.13. The van der Waals surface area contributed by atoms with Gasteiger partial charge in [-0.2, -0.15) is 0 Å². The number of hydrogen-bond acceptors (Lipinski definition) is 2. The van der Waals surface area contributed by atoms with Crippen molar-refractivity contribution in [3.05, 3.63) is 11.4 Å². The van der Waals surface area contributed by atoms with Crippen LogP contribution in [-0.2, 0) is 4.79 Å². The second-order valence-electron chi connectivity index (χ2n) is 9.42. The van der Waals surface area contributed by atoms with Gasteiger partial charge in [-0.3, -0.25) is 14.5 Å². The van der Waals surface area contributed by atoms with Crippen LogP contribution >= 0.6 is 0 Å². The standard InChI is InChI=1S/C19H26N2O2/c1-11(17(22)21-15-4-14(15)5-16(21)20-2)18-6-12-3-13(7-18)9-19(23,8-12)10-18/h11-16,23H,3-10H2,1H3/t11?,12?,13?,14-,15-,16-,18?,19?/m0/s1. The van der Waals surface area contributed by atoms with Crippen LogP contribution in [0.3, 0.4) is 0 Å². The smallest absolute Gasteiger partial charge is 0.301 e. The number of hydrogen-bond donors (Lipinski definition) is 1. The minimum absolute atomic E-state index is 0.00449. The number of likely N-dealkylation sites (tertiary alicyclic amines) is 1. The molecule has 4 bridgehead atoms. The quantitative estimate of drug-likeness (QED) is 0.797. The highest BCUT2D eigenvalue weighted by Gasteiger charge is 2.63. The van der Waals surface area contributed by atoms with Crippen molar-refractivity contribution in [2.45, 2.75) is 76.1 Å². The average molecular weight is 314 g/mol. The molecule has 1 saturated heterocycles. The van der Waals surface area contributed by atoms with E-state index in [-0.39, 0.29) is 23.4 Å². The van der Waals surface area contributed by atoms with Gasteiger partial charge in [-0.1, -0.05) is 6.92 Å². The van der Waals surface area contributed by atoms with Crippen LogP contribution in [0.2, 0.25) is 0 Å². The average Bonchev–Trinajstić information content (AvgIpc) is 3.14. The molecule has 0 aromatic rings. The second-order valence-corrected chi connectivity index (χ2v) is 9.42. The predicted octanol–water partition coefficient (Wildman–Crippen LogP) is 2.82. The molecule has 1 aliphatic heterocycles. The molecule has 124 valence electrons. The number of amides is 1. The van der Waals surface area contributed by atoms with Crippen molar-refractivity contribution >= 4 is 5.91 Å². The third-order valence-corrected chi connectivity index (χ3v) is 7.85. The Morgan fingerprint density at radius 2 is 1.91 bits per heavy atom. The highest BCUT2D eigenvalue weighted by molar-refractivity contribution is 5.81. The molecule has 0 aromatic heterocycles. The van der Waals surface area contributed by atoms with Crippen molar-refractivity contribution < 1.29 is 9.90 Å². The maximum atomic E-state index is 13.3. The lowest BCUT2D eigenvalue weighted by Crippen LogP contribution is -2.59. The number of fused-ring (bicyclic) bond motifs is 1. The highest BCUT2D eigenvalue weighted by Crippen LogP contribution is 2.64. The van der Waals surface area contributed by atoms with Gasteiger partial charge in [0.25, 0.3) is 0 Å². The van der Waals surface area contributed by atoms with Crippen molar-refractivity contribution in [3.63, 3.8) is 0 Å². The van der Waals surface area contributed by atoms with Crippen LogP contribution in [0.4, 0.5) is 0 Å². The van der Waals surface area contributed by atoms with Crippen molar-refractivity contribution in [1.29, 1.82) is 0 Å². The molecule has 0 radical (unpaired) electrons. The predicted molar refractivity (Wildman–Crippen MR) is 85.0 cm³/mol. The van der Waals surface area contributed by atoms with Crippen molar-refractivity contribution in [1.82, 2.24) is 4.90 Å². The Labute approximate surface area is 138 Å². The van der Waals surface area contributed by atoms with Crippen LogP contribution in [0.15, 0.2) is 0 Å². The molecule has 6 atom stereocenters. The van der Waals surface area contributed by atoms with Crippen LogP contribution in [-0.4, -0.2) is 33.7 Å². The number of carbonyl (C=O) groups excluding carboxylic acids is 1. The first-order valence-corrected chi connectivity index (χ1v) is 9.34. The zero-order valence-corrected chi connectivity index (χ0v) is 13.9. The Bertz CT molecular complexity index is 595. The van der Waals surface area contributed by atoms with E-state index in [0.29, 0.717) is 23.8 Å². The van der Waals surface area contributed by atoms with Crippen LogP contribution in [0.25, 0.3) is 4.85 Å². The number of carbonyl (C=O) groups is 1. The lowest BCUT2D eigenvalue weighted by atomic mass is 9.45. The lowest BCUT2D eigenvalue weighted by molar-refractivity contribution is -0.186. The fourth-order valence-corrected chi connectivity index (χ4v) is 7.13. The van der Waals surface area contributed by atoms with Gasteiger partial charge in [0.1, 0.15) is 0 Å². The Morgan fingerprint density at radius 1 is 1.22 bits per heavy atom. The van der Waals surface area contributed by atoms with E-state index in [1.165, 1.54) is 6.42 Å². The zero-order chi connectivity index (χ0) is 16.0. The molecular weight excluding hydrogens is 288 g/mol. The summed E-state index contributed by atoms with van der Waals surface area (Å²) in [6.07, 6.45) is 7.96. The van der Waals surface area contributed by atoms with Crippen molar-refractivity contribution in [2.24, 2.45) is 29.1 Å². The van der Waals surface area contributed by atoms with E-state index >= 15 is 0 Å². The zero-order valence-electron chi connectivity index (χ0n) is 13.9. The maximum Gasteiger partial charge on any atom is 0.301 e. The monoisotopic (exact) mass is 314 g/mol. The summed E-state index contributed by atoms with van der Waals surface area (Å²) >= 11 is 0. The van der Waals surface area contributed by atoms with Gasteiger partial charge in [0, 0.05) is 18.4 Å². The molecule has 4 heteroatoms. The molecular formula is C19H26N2O2. The van der Waals surface area contributed by atoms with Gasteiger partial charge in [-0.15, -0.1) is 0 Å². The largest absolute Gasteiger partial charge is 0.390 e. The minimum Gasteiger partial charge on any atom is -0.390 e. The van der Waals surface area contributed by atoms with Crippen molar-refractivity contribution in [3.8, 4) is 0 Å². The molecule has 3 unspecified atom stereocenters. The molecule has 23 heavy (non-hydrogen) atoms. The van der Waals surface area contributed by atoms with Gasteiger partial charge in [-0.25, -0.2) is 6.57 Å². The summed E-state index contributed by atoms with van der Waals surface area (Å²) in [6, 6.07) is 0.348. The Morgan fingerprint density at radius 3 is 2.52 bits per heavy atom. The van der Waals surface area contributed by atoms with E-state index in [1.54, 1.807) is 0 Å². The Hall–Kier alpha value is -1.08. The first kappa shape index (κ1) is 14.3. The van der Waals surface area contributed by atoms with E-state index in [0.717, 1.165) is 44.9 Å². The molecule has 4 nitrogen and oxygen atoms in total. The van der Waals surface area contributed by atoms with E-state index in [9.17, 15) is 9.90 Å². The lowest BCUT2D eigenvalue weighted by Gasteiger charge is -2.62. The van der Waals surface area contributed by atoms with E-state index in [4.69, 9.17) is 6.57 Å². The Kier molecular flexibility index (Phi) is 2.67. The maximum absolute atomic E-state index is 13.3. The molecule has 6 fully saturated rings. The third-order valence-electron chi connectivity index (χ3n) is 7.85. The van der Waals surface area contributed by atoms with Gasteiger partial charge < -0.3 is 5.11 Å².